The molecule has 0 N–H and O–H groups in total. The molecule has 2 aromatic carbocycles. The summed E-state index contributed by atoms with van der Waals surface area (Å²) in [6.07, 6.45) is 0. The molecule has 2 amide bonds. The van der Waals surface area contributed by atoms with E-state index >= 15 is 0 Å². The third kappa shape index (κ3) is 3.40. The lowest BCUT2D eigenvalue weighted by Gasteiger charge is -2.27. The van der Waals surface area contributed by atoms with Crippen molar-refractivity contribution in [2.45, 2.75) is 19.1 Å². The first-order valence-electron chi connectivity index (χ1n) is 9.74. The number of likely N-dealkylation sites (N-methyl/N-ethyl adjacent to an activating group) is 1. The zero-order chi connectivity index (χ0) is 21.7. The van der Waals surface area contributed by atoms with E-state index in [2.05, 4.69) is 21.0 Å². The van der Waals surface area contributed by atoms with Gasteiger partial charge in [-0.15, -0.1) is 0 Å². The van der Waals surface area contributed by atoms with Gasteiger partial charge < -0.3 is 14.5 Å². The minimum Gasteiger partial charge on any atom is -0.489 e. The topological polar surface area (TPSA) is 67.7 Å². The molecule has 2 aliphatic rings. The number of fused-ring (bicyclic) bond motifs is 2. The fraction of sp³-hybridized carbons (Fsp3) is 0.227. The molecule has 0 radical (unpaired) electrons. The summed E-state index contributed by atoms with van der Waals surface area (Å²) in [6.45, 7) is 0.748. The molecule has 31 heavy (non-hydrogen) atoms. The molecule has 0 aliphatic carbocycles. The van der Waals surface area contributed by atoms with Gasteiger partial charge in [-0.3, -0.25) is 9.59 Å². The van der Waals surface area contributed by atoms with Crippen molar-refractivity contribution in [2.75, 3.05) is 18.6 Å². The van der Waals surface area contributed by atoms with E-state index in [9.17, 15) is 9.59 Å². The maximum atomic E-state index is 13.2. The smallest absolute Gasteiger partial charge is 0.275 e. The molecular formula is C22H18BrClN4O3. The van der Waals surface area contributed by atoms with Crippen LogP contribution >= 0.6 is 27.5 Å². The summed E-state index contributed by atoms with van der Waals surface area (Å²) in [7, 11) is 1.68. The van der Waals surface area contributed by atoms with E-state index in [0.29, 0.717) is 34.4 Å². The van der Waals surface area contributed by atoms with E-state index in [4.69, 9.17) is 16.3 Å². The van der Waals surface area contributed by atoms with Crippen LogP contribution in [0, 0.1) is 0 Å². The van der Waals surface area contributed by atoms with E-state index in [1.54, 1.807) is 11.7 Å². The number of aromatic nitrogens is 2. The molecule has 0 unspecified atom stereocenters. The van der Waals surface area contributed by atoms with Gasteiger partial charge in [-0.2, -0.15) is 5.10 Å². The average molecular weight is 502 g/mol. The van der Waals surface area contributed by atoms with Crippen LogP contribution in [0.25, 0.3) is 0 Å². The molecule has 158 valence electrons. The van der Waals surface area contributed by atoms with Crippen LogP contribution in [0.2, 0.25) is 5.15 Å². The second kappa shape index (κ2) is 7.69. The van der Waals surface area contributed by atoms with Gasteiger partial charge in [0.2, 0.25) is 0 Å². The molecule has 0 saturated carbocycles. The van der Waals surface area contributed by atoms with Gasteiger partial charge in [0, 0.05) is 17.1 Å². The maximum absolute atomic E-state index is 13.2. The van der Waals surface area contributed by atoms with Crippen molar-refractivity contribution in [3.8, 4) is 5.75 Å². The Morgan fingerprint density at radius 3 is 2.71 bits per heavy atom. The molecular weight excluding hydrogens is 484 g/mol. The summed E-state index contributed by atoms with van der Waals surface area (Å²) < 4.78 is 8.38. The third-order valence-electron chi connectivity index (χ3n) is 5.62. The number of ether oxygens (including phenoxy) is 1. The van der Waals surface area contributed by atoms with Gasteiger partial charge >= 0.3 is 0 Å². The molecule has 2 aliphatic heterocycles. The number of hydrogen-bond donors (Lipinski definition) is 0. The molecule has 1 atom stereocenters. The summed E-state index contributed by atoms with van der Waals surface area (Å²) in [5, 5.41) is 4.87. The first-order valence-corrected chi connectivity index (χ1v) is 10.9. The normalized spacial score (nSPS) is 18.0. The maximum Gasteiger partial charge on any atom is 0.275 e. The van der Waals surface area contributed by atoms with Crippen molar-refractivity contribution in [3.63, 3.8) is 0 Å². The third-order valence-corrected chi connectivity index (χ3v) is 6.54. The van der Waals surface area contributed by atoms with E-state index < -0.39 is 6.04 Å². The lowest BCUT2D eigenvalue weighted by atomic mass is 10.2. The van der Waals surface area contributed by atoms with Gasteiger partial charge in [0.05, 0.1) is 18.8 Å². The standard InChI is InChI=1S/C22H18BrClN4O3/c1-26-16-8-7-14(23)9-18(16)31-12-17(21(26)29)27-11-15-19(22(27)30)25-28(20(15)24)10-13-5-3-2-4-6-13/h2-9,17H,10-12H2,1H3/t17-/m0/s1. The van der Waals surface area contributed by atoms with Crippen LogP contribution < -0.4 is 9.64 Å². The fourth-order valence-corrected chi connectivity index (χ4v) is 4.55. The fourth-order valence-electron chi connectivity index (χ4n) is 3.97. The number of carbonyl (C=O) groups is 2. The van der Waals surface area contributed by atoms with Crippen LogP contribution in [0.4, 0.5) is 5.69 Å². The predicted octanol–water partition coefficient (Wildman–Crippen LogP) is 3.73. The molecule has 9 heteroatoms. The molecule has 0 fully saturated rings. The summed E-state index contributed by atoms with van der Waals surface area (Å²) in [5.74, 6) is 0.0576. The molecule has 0 bridgehead atoms. The quantitative estimate of drug-likeness (QED) is 0.549. The highest BCUT2D eigenvalue weighted by Crippen LogP contribution is 2.36. The second-order valence-electron chi connectivity index (χ2n) is 7.53. The summed E-state index contributed by atoms with van der Waals surface area (Å²) >= 11 is 9.99. The molecule has 0 saturated heterocycles. The Labute approximate surface area is 192 Å². The lowest BCUT2D eigenvalue weighted by Crippen LogP contribution is -2.49. The highest BCUT2D eigenvalue weighted by atomic mass is 79.9. The van der Waals surface area contributed by atoms with Gasteiger partial charge in [-0.25, -0.2) is 4.68 Å². The summed E-state index contributed by atoms with van der Waals surface area (Å²) in [5.41, 5.74) is 2.63. The van der Waals surface area contributed by atoms with Crippen LogP contribution in [0.5, 0.6) is 5.75 Å². The highest BCUT2D eigenvalue weighted by molar-refractivity contribution is 9.10. The van der Waals surface area contributed by atoms with Gasteiger partial charge in [-0.1, -0.05) is 57.9 Å². The van der Waals surface area contributed by atoms with Crippen LogP contribution in [0.15, 0.2) is 53.0 Å². The minimum absolute atomic E-state index is 0.0598. The van der Waals surface area contributed by atoms with Crippen molar-refractivity contribution in [1.82, 2.24) is 14.7 Å². The van der Waals surface area contributed by atoms with E-state index in [-0.39, 0.29) is 25.0 Å². The highest BCUT2D eigenvalue weighted by Gasteiger charge is 2.43. The molecule has 3 heterocycles. The Morgan fingerprint density at radius 2 is 1.97 bits per heavy atom. The zero-order valence-electron chi connectivity index (χ0n) is 16.6. The van der Waals surface area contributed by atoms with E-state index in [0.717, 1.165) is 10.0 Å². The van der Waals surface area contributed by atoms with Crippen LogP contribution in [0.3, 0.4) is 0 Å². The number of halogens is 2. The second-order valence-corrected chi connectivity index (χ2v) is 8.80. The Bertz CT molecular complexity index is 1200. The minimum atomic E-state index is -0.767. The number of hydrogen-bond acceptors (Lipinski definition) is 4. The number of benzene rings is 2. The Kier molecular flexibility index (Phi) is 4.98. The molecule has 3 aromatic rings. The van der Waals surface area contributed by atoms with Gasteiger partial charge in [0.25, 0.3) is 11.8 Å². The lowest BCUT2D eigenvalue weighted by molar-refractivity contribution is -0.123. The monoisotopic (exact) mass is 500 g/mol. The van der Waals surface area contributed by atoms with Gasteiger partial charge in [0.15, 0.2) is 5.69 Å². The van der Waals surface area contributed by atoms with Crippen LogP contribution in [-0.4, -0.2) is 46.2 Å². The van der Waals surface area contributed by atoms with Gasteiger partial charge in [0.1, 0.15) is 23.6 Å². The molecule has 5 rings (SSSR count). The Hall–Kier alpha value is -2.84. The Balaban J connectivity index is 1.40. The largest absolute Gasteiger partial charge is 0.489 e. The van der Waals surface area contributed by atoms with Crippen molar-refractivity contribution < 1.29 is 14.3 Å². The van der Waals surface area contributed by atoms with E-state index in [1.807, 2.05) is 48.5 Å². The Morgan fingerprint density at radius 1 is 1.19 bits per heavy atom. The summed E-state index contributed by atoms with van der Waals surface area (Å²) in [4.78, 5) is 29.4. The summed E-state index contributed by atoms with van der Waals surface area (Å²) in [6, 6.07) is 14.5. The predicted molar refractivity (Wildman–Crippen MR) is 119 cm³/mol. The van der Waals surface area contributed by atoms with Crippen molar-refractivity contribution in [1.29, 1.82) is 0 Å². The first kappa shape index (κ1) is 20.1. The number of rotatable bonds is 3. The van der Waals surface area contributed by atoms with Gasteiger partial charge in [-0.05, 0) is 23.8 Å². The zero-order valence-corrected chi connectivity index (χ0v) is 18.9. The number of nitrogens with zero attached hydrogens (tertiary/aromatic N) is 4. The SMILES string of the molecule is CN1C(=O)[C@@H](N2Cc3c(nn(Cc4ccccc4)c3Cl)C2=O)COc2cc(Br)ccc21. The van der Waals surface area contributed by atoms with Crippen LogP contribution in [-0.2, 0) is 17.9 Å². The molecule has 7 nitrogen and oxygen atoms in total. The van der Waals surface area contributed by atoms with Crippen LogP contribution in [0.1, 0.15) is 21.6 Å². The van der Waals surface area contributed by atoms with Crippen molar-refractivity contribution in [3.05, 3.63) is 75.0 Å². The number of amides is 2. The molecule has 1 aromatic heterocycles. The number of anilines is 1. The number of carbonyl (C=O) groups excluding carboxylic acids is 2. The van der Waals surface area contributed by atoms with E-state index in [1.165, 1.54) is 9.80 Å². The molecule has 0 spiro atoms. The van der Waals surface area contributed by atoms with Crippen molar-refractivity contribution in [2.24, 2.45) is 0 Å². The average Bonchev–Trinajstić information content (AvgIpc) is 3.20. The van der Waals surface area contributed by atoms with Crippen molar-refractivity contribution >= 4 is 45.0 Å². The first-order chi connectivity index (χ1) is 14.9.